The molecule has 0 bridgehead atoms. The second-order valence-electron chi connectivity index (χ2n) is 5.31. The summed E-state index contributed by atoms with van der Waals surface area (Å²) in [6.07, 6.45) is 8.13. The minimum Gasteiger partial charge on any atom is -0.397 e. The fraction of sp³-hybridized carbons (Fsp3) is 0.571. The quantitative estimate of drug-likeness (QED) is 0.860. The Labute approximate surface area is 108 Å². The monoisotopic (exact) mass is 247 g/mol. The number of carbonyl (C=O) groups is 1. The van der Waals surface area contributed by atoms with E-state index in [9.17, 15) is 4.79 Å². The van der Waals surface area contributed by atoms with Gasteiger partial charge in [-0.1, -0.05) is 19.8 Å². The molecule has 1 amide bonds. The Balaban J connectivity index is 1.87. The minimum absolute atomic E-state index is 0.0897. The second-order valence-corrected chi connectivity index (χ2v) is 5.31. The first-order chi connectivity index (χ1) is 8.66. The third kappa shape index (κ3) is 3.22. The number of nitrogens with two attached hydrogens (primary N) is 1. The highest BCUT2D eigenvalue weighted by Crippen LogP contribution is 2.27. The van der Waals surface area contributed by atoms with Crippen LogP contribution in [-0.4, -0.2) is 17.4 Å². The molecule has 2 atom stereocenters. The Bertz CT molecular complexity index is 419. The Morgan fingerprint density at radius 1 is 1.56 bits per heavy atom. The largest absolute Gasteiger partial charge is 0.397 e. The zero-order valence-electron chi connectivity index (χ0n) is 10.9. The first-order valence-electron chi connectivity index (χ1n) is 6.64. The maximum atomic E-state index is 12.0. The maximum absolute atomic E-state index is 12.0. The van der Waals surface area contributed by atoms with Gasteiger partial charge >= 0.3 is 0 Å². The summed E-state index contributed by atoms with van der Waals surface area (Å²) in [7, 11) is 0. The topological polar surface area (TPSA) is 68.0 Å². The third-order valence-electron chi connectivity index (χ3n) is 3.69. The number of nitrogens with zero attached hydrogens (tertiary/aromatic N) is 1. The van der Waals surface area contributed by atoms with Gasteiger partial charge in [0.05, 0.1) is 17.4 Å². The van der Waals surface area contributed by atoms with Crippen LogP contribution in [0.15, 0.2) is 18.5 Å². The van der Waals surface area contributed by atoms with E-state index in [1.165, 1.54) is 31.9 Å². The lowest BCUT2D eigenvalue weighted by Crippen LogP contribution is -2.31. The molecule has 4 heteroatoms. The molecule has 1 aliphatic rings. The van der Waals surface area contributed by atoms with Gasteiger partial charge in [0.1, 0.15) is 0 Å². The first-order valence-corrected chi connectivity index (χ1v) is 6.64. The number of anilines is 1. The second kappa shape index (κ2) is 5.85. The lowest BCUT2D eigenvalue weighted by molar-refractivity contribution is 0.0941. The zero-order valence-corrected chi connectivity index (χ0v) is 10.9. The lowest BCUT2D eigenvalue weighted by Gasteiger charge is -2.26. The first kappa shape index (κ1) is 12.9. The SMILES string of the molecule is CC1CCCC(CNC(=O)c2ccncc2N)C1. The summed E-state index contributed by atoms with van der Waals surface area (Å²) in [6, 6.07) is 1.66. The smallest absolute Gasteiger partial charge is 0.253 e. The summed E-state index contributed by atoms with van der Waals surface area (Å²) < 4.78 is 0. The van der Waals surface area contributed by atoms with E-state index in [1.54, 1.807) is 12.3 Å². The Hall–Kier alpha value is -1.58. The lowest BCUT2D eigenvalue weighted by atomic mass is 9.82. The highest BCUT2D eigenvalue weighted by atomic mass is 16.1. The molecule has 4 nitrogen and oxygen atoms in total. The number of nitrogen functional groups attached to an aromatic ring is 1. The Kier molecular flexibility index (Phi) is 4.18. The predicted molar refractivity (Wildman–Crippen MR) is 72.1 cm³/mol. The minimum atomic E-state index is -0.0897. The molecule has 0 radical (unpaired) electrons. The molecular weight excluding hydrogens is 226 g/mol. The number of rotatable bonds is 3. The molecule has 1 aromatic heterocycles. The van der Waals surface area contributed by atoms with Crippen molar-refractivity contribution in [2.45, 2.75) is 32.6 Å². The van der Waals surface area contributed by atoms with Gasteiger partial charge in [-0.2, -0.15) is 0 Å². The normalized spacial score (nSPS) is 23.6. The van der Waals surface area contributed by atoms with Crippen LogP contribution in [-0.2, 0) is 0 Å². The van der Waals surface area contributed by atoms with Gasteiger partial charge in [-0.15, -0.1) is 0 Å². The number of aromatic nitrogens is 1. The third-order valence-corrected chi connectivity index (χ3v) is 3.69. The molecule has 98 valence electrons. The molecule has 1 aliphatic carbocycles. The van der Waals surface area contributed by atoms with Crippen LogP contribution in [0.25, 0.3) is 0 Å². The molecule has 1 saturated carbocycles. The summed E-state index contributed by atoms with van der Waals surface area (Å²) in [5.74, 6) is 1.31. The Morgan fingerprint density at radius 3 is 3.11 bits per heavy atom. The van der Waals surface area contributed by atoms with Crippen molar-refractivity contribution in [3.8, 4) is 0 Å². The predicted octanol–water partition coefficient (Wildman–Crippen LogP) is 2.22. The highest BCUT2D eigenvalue weighted by molar-refractivity contribution is 5.98. The van der Waals surface area contributed by atoms with E-state index in [0.717, 1.165) is 12.5 Å². The van der Waals surface area contributed by atoms with Crippen LogP contribution in [0.1, 0.15) is 43.0 Å². The molecule has 0 saturated heterocycles. The van der Waals surface area contributed by atoms with Crippen molar-refractivity contribution in [2.75, 3.05) is 12.3 Å². The molecule has 2 unspecified atom stereocenters. The average molecular weight is 247 g/mol. The molecule has 1 aromatic rings. The summed E-state index contributed by atoms with van der Waals surface area (Å²) in [6.45, 7) is 3.04. The van der Waals surface area contributed by atoms with Crippen molar-refractivity contribution in [3.05, 3.63) is 24.0 Å². The van der Waals surface area contributed by atoms with E-state index in [2.05, 4.69) is 17.2 Å². The van der Waals surface area contributed by atoms with Crippen LogP contribution in [0.2, 0.25) is 0 Å². The fourth-order valence-electron chi connectivity index (χ4n) is 2.69. The molecule has 0 aromatic carbocycles. The summed E-state index contributed by atoms with van der Waals surface area (Å²) in [5, 5.41) is 2.98. The number of amides is 1. The number of hydrogen-bond acceptors (Lipinski definition) is 3. The van der Waals surface area contributed by atoms with Gasteiger partial charge in [-0.05, 0) is 30.7 Å². The van der Waals surface area contributed by atoms with E-state index in [-0.39, 0.29) is 5.91 Å². The number of hydrogen-bond donors (Lipinski definition) is 2. The maximum Gasteiger partial charge on any atom is 0.253 e. The van der Waals surface area contributed by atoms with Gasteiger partial charge in [-0.25, -0.2) is 0 Å². The number of carbonyl (C=O) groups excluding carboxylic acids is 1. The molecule has 3 N–H and O–H groups in total. The van der Waals surface area contributed by atoms with Gasteiger partial charge in [-0.3, -0.25) is 9.78 Å². The van der Waals surface area contributed by atoms with Gasteiger partial charge in [0.25, 0.3) is 5.91 Å². The molecule has 2 rings (SSSR count). The summed E-state index contributed by atoms with van der Waals surface area (Å²) in [5.41, 5.74) is 6.69. The molecule has 1 fully saturated rings. The molecular formula is C14H21N3O. The molecule has 0 aliphatic heterocycles. The van der Waals surface area contributed by atoms with Gasteiger partial charge in [0.2, 0.25) is 0 Å². The molecule has 1 heterocycles. The van der Waals surface area contributed by atoms with Crippen molar-refractivity contribution < 1.29 is 4.79 Å². The van der Waals surface area contributed by atoms with Crippen LogP contribution in [0.4, 0.5) is 5.69 Å². The van der Waals surface area contributed by atoms with E-state index < -0.39 is 0 Å². The van der Waals surface area contributed by atoms with Crippen molar-refractivity contribution in [1.29, 1.82) is 0 Å². The van der Waals surface area contributed by atoms with E-state index in [1.807, 2.05) is 0 Å². The van der Waals surface area contributed by atoms with E-state index in [0.29, 0.717) is 17.2 Å². The molecule has 0 spiro atoms. The van der Waals surface area contributed by atoms with Gasteiger partial charge < -0.3 is 11.1 Å². The number of nitrogens with one attached hydrogen (secondary N) is 1. The van der Waals surface area contributed by atoms with Crippen LogP contribution < -0.4 is 11.1 Å². The standard InChI is InChI=1S/C14H21N3O/c1-10-3-2-4-11(7-10)8-17-14(18)12-5-6-16-9-13(12)15/h5-6,9-11H,2-4,7-8,15H2,1H3,(H,17,18). The van der Waals surface area contributed by atoms with Crippen molar-refractivity contribution in [1.82, 2.24) is 10.3 Å². The summed E-state index contributed by atoms with van der Waals surface area (Å²) in [4.78, 5) is 15.9. The zero-order chi connectivity index (χ0) is 13.0. The fourth-order valence-corrected chi connectivity index (χ4v) is 2.69. The van der Waals surface area contributed by atoms with Crippen LogP contribution in [0.5, 0.6) is 0 Å². The van der Waals surface area contributed by atoms with E-state index in [4.69, 9.17) is 5.73 Å². The van der Waals surface area contributed by atoms with Crippen LogP contribution in [0, 0.1) is 11.8 Å². The van der Waals surface area contributed by atoms with Crippen molar-refractivity contribution in [2.24, 2.45) is 11.8 Å². The van der Waals surface area contributed by atoms with Crippen LogP contribution in [0.3, 0.4) is 0 Å². The highest BCUT2D eigenvalue weighted by Gasteiger charge is 2.19. The van der Waals surface area contributed by atoms with Crippen molar-refractivity contribution in [3.63, 3.8) is 0 Å². The van der Waals surface area contributed by atoms with Gasteiger partial charge in [0.15, 0.2) is 0 Å². The Morgan fingerprint density at radius 2 is 2.39 bits per heavy atom. The summed E-state index contributed by atoms with van der Waals surface area (Å²) >= 11 is 0. The average Bonchev–Trinajstić information content (AvgIpc) is 2.37. The molecule has 18 heavy (non-hydrogen) atoms. The van der Waals surface area contributed by atoms with Crippen LogP contribution >= 0.6 is 0 Å². The van der Waals surface area contributed by atoms with Crippen molar-refractivity contribution >= 4 is 11.6 Å². The van der Waals surface area contributed by atoms with E-state index >= 15 is 0 Å². The number of pyridine rings is 1. The van der Waals surface area contributed by atoms with Gasteiger partial charge in [0, 0.05) is 12.7 Å².